The predicted octanol–water partition coefficient (Wildman–Crippen LogP) is 7.44. The number of halogens is 6. The molecule has 0 bridgehead atoms. The Kier molecular flexibility index (Phi) is 7.08. The van der Waals surface area contributed by atoms with Crippen molar-refractivity contribution >= 4 is 15.9 Å². The average molecular weight is 560 g/mol. The van der Waals surface area contributed by atoms with Gasteiger partial charge in [-0.05, 0) is 53.4 Å². The topological polar surface area (TPSA) is 60.0 Å². The predicted molar refractivity (Wildman–Crippen MR) is 123 cm³/mol. The highest BCUT2D eigenvalue weighted by Gasteiger charge is 2.36. The molecule has 0 atom stereocenters. The van der Waals surface area contributed by atoms with Crippen molar-refractivity contribution in [2.24, 2.45) is 0 Å². The van der Waals surface area contributed by atoms with Gasteiger partial charge in [-0.1, -0.05) is 6.07 Å². The molecule has 1 aliphatic rings. The van der Waals surface area contributed by atoms with Gasteiger partial charge in [0.05, 0.1) is 7.11 Å². The third kappa shape index (κ3) is 5.76. The van der Waals surface area contributed by atoms with Crippen LogP contribution in [0.1, 0.15) is 54.2 Å². The Morgan fingerprint density at radius 1 is 1.14 bits per heavy atom. The maximum Gasteiger partial charge on any atom is 0.433 e. The second-order valence-corrected chi connectivity index (χ2v) is 9.36. The molecule has 1 N–H and O–H groups in total. The lowest BCUT2D eigenvalue weighted by molar-refractivity contribution is -0.141. The molecule has 2 heterocycles. The van der Waals surface area contributed by atoms with E-state index < -0.39 is 17.8 Å². The van der Waals surface area contributed by atoms with Crippen LogP contribution < -0.4 is 9.47 Å². The van der Waals surface area contributed by atoms with Crippen molar-refractivity contribution in [3.63, 3.8) is 0 Å². The maximum atomic E-state index is 13.5. The normalized spacial score (nSPS) is 16.3. The van der Waals surface area contributed by atoms with Crippen LogP contribution in [0.4, 0.5) is 22.0 Å². The van der Waals surface area contributed by atoms with Gasteiger partial charge in [0.15, 0.2) is 0 Å². The highest BCUT2D eigenvalue weighted by atomic mass is 79.9. The second kappa shape index (κ2) is 9.75. The number of alkyl halides is 5. The van der Waals surface area contributed by atoms with E-state index in [1.807, 2.05) is 13.0 Å². The van der Waals surface area contributed by atoms with Crippen molar-refractivity contribution in [2.45, 2.75) is 57.2 Å². The summed E-state index contributed by atoms with van der Waals surface area (Å²) in [5, 5.41) is 0. The zero-order valence-electron chi connectivity index (χ0n) is 19.0. The minimum Gasteiger partial charge on any atom is -0.496 e. The number of ether oxygens (including phenoxy) is 2. The van der Waals surface area contributed by atoms with E-state index in [9.17, 15) is 22.0 Å². The Bertz CT molecular complexity index is 1190. The number of rotatable bonds is 6. The van der Waals surface area contributed by atoms with Crippen molar-refractivity contribution in [2.75, 3.05) is 7.11 Å². The summed E-state index contributed by atoms with van der Waals surface area (Å²) in [5.74, 6) is -1.07. The van der Waals surface area contributed by atoms with Crippen LogP contribution in [-0.4, -0.2) is 28.0 Å². The van der Waals surface area contributed by atoms with E-state index in [0.29, 0.717) is 51.6 Å². The fraction of sp³-hybridized carbons (Fsp3) is 0.417. The van der Waals surface area contributed by atoms with Gasteiger partial charge in [0, 0.05) is 42.1 Å². The van der Waals surface area contributed by atoms with E-state index in [2.05, 4.69) is 30.9 Å². The summed E-state index contributed by atoms with van der Waals surface area (Å²) in [6.07, 6.45) is -2.97. The van der Waals surface area contributed by atoms with Gasteiger partial charge in [-0.15, -0.1) is 0 Å². The number of imidazole rings is 1. The van der Waals surface area contributed by atoms with Crippen molar-refractivity contribution in [3.8, 4) is 22.8 Å². The minimum atomic E-state index is -4.50. The molecule has 188 valence electrons. The van der Waals surface area contributed by atoms with Crippen LogP contribution >= 0.6 is 15.9 Å². The number of H-pyrrole nitrogens is 1. The lowest BCUT2D eigenvalue weighted by Crippen LogP contribution is -2.24. The van der Waals surface area contributed by atoms with E-state index in [-0.39, 0.29) is 25.4 Å². The summed E-state index contributed by atoms with van der Waals surface area (Å²) in [5.41, 5.74) is 1.56. The summed E-state index contributed by atoms with van der Waals surface area (Å²) >= 11 is 3.49. The minimum absolute atomic E-state index is 0.0248. The molecule has 0 saturated heterocycles. The standard InChI is InChI=1S/C24H23BrF5N3O2/c1-13-9-16(20-21(25)33-22(32-20)15-5-7-23(26,27)8-6-15)18(34-2)10-17(13)35-12-14-3-4-19(31-11-14)24(28,29)30/h3-4,9-11,15H,5-8,12H2,1-2H3,(H,32,33). The largest absolute Gasteiger partial charge is 0.496 e. The molecule has 0 spiro atoms. The van der Waals surface area contributed by atoms with E-state index in [0.717, 1.165) is 17.8 Å². The Hall–Kier alpha value is -2.69. The van der Waals surface area contributed by atoms with Gasteiger partial charge in [-0.3, -0.25) is 4.98 Å². The van der Waals surface area contributed by atoms with Crippen LogP contribution in [-0.2, 0) is 12.8 Å². The monoisotopic (exact) mass is 559 g/mol. The number of benzene rings is 1. The molecule has 0 amide bonds. The summed E-state index contributed by atoms with van der Waals surface area (Å²) in [4.78, 5) is 11.3. The fourth-order valence-corrected chi connectivity index (χ4v) is 4.58. The SMILES string of the molecule is COc1cc(OCc2ccc(C(F)(F)F)nc2)c(C)cc1-c1nc(C2CCC(F)(F)CC2)[nH]c1Br. The Balaban J connectivity index is 1.53. The highest BCUT2D eigenvalue weighted by Crippen LogP contribution is 2.43. The molecular weight excluding hydrogens is 537 g/mol. The van der Waals surface area contributed by atoms with Gasteiger partial charge < -0.3 is 14.5 Å². The average Bonchev–Trinajstić information content (AvgIpc) is 3.19. The third-order valence-electron chi connectivity index (χ3n) is 6.04. The second-order valence-electron chi connectivity index (χ2n) is 8.57. The molecule has 4 rings (SSSR count). The lowest BCUT2D eigenvalue weighted by Gasteiger charge is -2.26. The number of aromatic nitrogens is 3. The number of nitrogens with one attached hydrogen (secondary N) is 1. The van der Waals surface area contributed by atoms with Crippen molar-refractivity contribution < 1.29 is 31.4 Å². The first-order chi connectivity index (χ1) is 16.5. The molecule has 0 radical (unpaired) electrons. The number of hydrogen-bond donors (Lipinski definition) is 1. The van der Waals surface area contributed by atoms with Gasteiger partial charge in [-0.25, -0.2) is 13.8 Å². The molecular formula is C24H23BrF5N3O2. The highest BCUT2D eigenvalue weighted by molar-refractivity contribution is 9.10. The number of nitrogens with zero attached hydrogens (tertiary/aromatic N) is 2. The molecule has 11 heteroatoms. The smallest absolute Gasteiger partial charge is 0.433 e. The lowest BCUT2D eigenvalue weighted by atomic mass is 9.86. The van der Waals surface area contributed by atoms with Crippen LogP contribution in [0.2, 0.25) is 0 Å². The van der Waals surface area contributed by atoms with Gasteiger partial charge in [0.25, 0.3) is 0 Å². The molecule has 1 aliphatic carbocycles. The zero-order valence-corrected chi connectivity index (χ0v) is 20.6. The van der Waals surface area contributed by atoms with E-state index in [1.165, 1.54) is 13.2 Å². The van der Waals surface area contributed by atoms with Crippen LogP contribution in [0.15, 0.2) is 35.1 Å². The van der Waals surface area contributed by atoms with Crippen molar-refractivity contribution in [3.05, 3.63) is 57.7 Å². The zero-order chi connectivity index (χ0) is 25.4. The molecule has 35 heavy (non-hydrogen) atoms. The van der Waals surface area contributed by atoms with Crippen molar-refractivity contribution in [1.29, 1.82) is 0 Å². The summed E-state index contributed by atoms with van der Waals surface area (Å²) in [6.45, 7) is 1.85. The summed E-state index contributed by atoms with van der Waals surface area (Å²) < 4.78 is 77.2. The van der Waals surface area contributed by atoms with Crippen LogP contribution in [0.5, 0.6) is 11.5 Å². The van der Waals surface area contributed by atoms with Crippen LogP contribution in [0.25, 0.3) is 11.3 Å². The van der Waals surface area contributed by atoms with Gasteiger partial charge in [0.1, 0.15) is 39.9 Å². The third-order valence-corrected chi connectivity index (χ3v) is 6.62. The van der Waals surface area contributed by atoms with E-state index in [1.54, 1.807) is 6.07 Å². The molecule has 1 saturated carbocycles. The van der Waals surface area contributed by atoms with Crippen LogP contribution in [0, 0.1) is 6.92 Å². The van der Waals surface area contributed by atoms with Crippen LogP contribution in [0.3, 0.4) is 0 Å². The Morgan fingerprint density at radius 2 is 1.86 bits per heavy atom. The van der Waals surface area contributed by atoms with Gasteiger partial charge >= 0.3 is 6.18 Å². The Labute approximate surface area is 207 Å². The summed E-state index contributed by atoms with van der Waals surface area (Å²) in [6, 6.07) is 5.75. The summed E-state index contributed by atoms with van der Waals surface area (Å²) in [7, 11) is 1.50. The molecule has 5 nitrogen and oxygen atoms in total. The number of aryl methyl sites for hydroxylation is 1. The molecule has 2 aromatic heterocycles. The molecule has 0 unspecified atom stereocenters. The van der Waals surface area contributed by atoms with Gasteiger partial charge in [0.2, 0.25) is 5.92 Å². The first-order valence-electron chi connectivity index (χ1n) is 10.9. The van der Waals surface area contributed by atoms with Crippen molar-refractivity contribution in [1.82, 2.24) is 15.0 Å². The molecule has 1 fully saturated rings. The molecule has 1 aromatic carbocycles. The number of methoxy groups -OCH3 is 1. The fourth-order valence-electron chi connectivity index (χ4n) is 4.07. The number of aromatic amines is 1. The first kappa shape index (κ1) is 25.4. The van der Waals surface area contributed by atoms with E-state index in [4.69, 9.17) is 9.47 Å². The first-order valence-corrected chi connectivity index (χ1v) is 11.7. The quantitative estimate of drug-likeness (QED) is 0.319. The van der Waals surface area contributed by atoms with E-state index >= 15 is 0 Å². The van der Waals surface area contributed by atoms with Gasteiger partial charge in [-0.2, -0.15) is 13.2 Å². The maximum absolute atomic E-state index is 13.5. The molecule has 0 aliphatic heterocycles. The Morgan fingerprint density at radius 3 is 2.46 bits per heavy atom. The number of hydrogen-bond acceptors (Lipinski definition) is 4. The number of pyridine rings is 1. The molecule has 3 aromatic rings.